The Bertz CT molecular complexity index is 1250. The highest BCUT2D eigenvalue weighted by atomic mass is 16.6. The van der Waals surface area contributed by atoms with E-state index in [1.54, 1.807) is 11.1 Å². The van der Waals surface area contributed by atoms with Gasteiger partial charge in [0.1, 0.15) is 16.6 Å². The summed E-state index contributed by atoms with van der Waals surface area (Å²) in [6.07, 6.45) is 2.84. The van der Waals surface area contributed by atoms with Crippen molar-refractivity contribution in [2.45, 2.75) is 45.1 Å². The van der Waals surface area contributed by atoms with Gasteiger partial charge in [0.15, 0.2) is 5.82 Å². The molecule has 10 nitrogen and oxygen atoms in total. The number of carbonyl (C=O) groups excluding carboxylic acids is 1. The molecule has 2 aliphatic rings. The third kappa shape index (κ3) is 3.84. The third-order valence-corrected chi connectivity index (χ3v) is 6.23. The fourth-order valence-electron chi connectivity index (χ4n) is 4.75. The summed E-state index contributed by atoms with van der Waals surface area (Å²) in [5.74, 6) is -0.0577. The summed E-state index contributed by atoms with van der Waals surface area (Å²) in [6.45, 7) is 6.69. The molecule has 10 heteroatoms. The van der Waals surface area contributed by atoms with Gasteiger partial charge in [-0.25, -0.2) is 14.4 Å². The van der Waals surface area contributed by atoms with Crippen LogP contribution < -0.4 is 0 Å². The minimum atomic E-state index is -0.533. The Kier molecular flexibility index (Phi) is 5.12. The van der Waals surface area contributed by atoms with Gasteiger partial charge in [-0.05, 0) is 55.6 Å². The summed E-state index contributed by atoms with van der Waals surface area (Å²) >= 11 is 0. The van der Waals surface area contributed by atoms with Crippen LogP contribution in [0.25, 0.3) is 11.0 Å². The van der Waals surface area contributed by atoms with E-state index < -0.39 is 11.5 Å². The largest absolute Gasteiger partial charge is 0.444 e. The number of likely N-dealkylation sites (tertiary alicyclic amines) is 1. The molecule has 1 N–H and O–H groups in total. The molecule has 0 bridgehead atoms. The van der Waals surface area contributed by atoms with E-state index in [9.17, 15) is 10.1 Å². The van der Waals surface area contributed by atoms with Gasteiger partial charge in [-0.15, -0.1) is 0 Å². The molecule has 0 saturated carbocycles. The first-order valence-electron chi connectivity index (χ1n) is 11.1. The van der Waals surface area contributed by atoms with Crippen molar-refractivity contribution >= 4 is 28.7 Å². The number of aliphatic imine (C=N–C) groups is 1. The van der Waals surface area contributed by atoms with Gasteiger partial charge in [-0.1, -0.05) is 12.1 Å². The lowest BCUT2D eigenvalue weighted by atomic mass is 9.73. The van der Waals surface area contributed by atoms with E-state index in [0.29, 0.717) is 42.8 Å². The van der Waals surface area contributed by atoms with E-state index in [1.165, 1.54) is 0 Å². The van der Waals surface area contributed by atoms with Gasteiger partial charge >= 0.3 is 6.09 Å². The zero-order chi connectivity index (χ0) is 23.2. The number of hydrogen-bond acceptors (Lipinski definition) is 8. The Morgan fingerprint density at radius 3 is 2.76 bits per heavy atom. The lowest BCUT2D eigenvalue weighted by Gasteiger charge is -2.37. The molecule has 2 atom stereocenters. The van der Waals surface area contributed by atoms with Gasteiger partial charge in [-0.2, -0.15) is 10.4 Å². The Labute approximate surface area is 190 Å². The normalized spacial score (nSPS) is 21.4. The van der Waals surface area contributed by atoms with E-state index in [1.807, 2.05) is 39.0 Å². The van der Waals surface area contributed by atoms with Crippen LogP contribution in [0.3, 0.4) is 0 Å². The number of nitrogens with one attached hydrogen (secondary N) is 1. The second-order valence-electron chi connectivity index (χ2n) is 9.52. The predicted octanol–water partition coefficient (Wildman–Crippen LogP) is 3.95. The maximum Gasteiger partial charge on any atom is 0.410 e. The quantitative estimate of drug-likeness (QED) is 0.628. The number of hydrogen-bond donors (Lipinski definition) is 1. The van der Waals surface area contributed by atoms with Gasteiger partial charge in [0.2, 0.25) is 0 Å². The van der Waals surface area contributed by atoms with Crippen LogP contribution in [-0.4, -0.2) is 55.9 Å². The van der Waals surface area contributed by atoms with Gasteiger partial charge in [0.25, 0.3) is 0 Å². The van der Waals surface area contributed by atoms with Gasteiger partial charge in [-0.3, -0.25) is 5.10 Å². The molecule has 0 spiro atoms. The number of benzene rings is 1. The minimum Gasteiger partial charge on any atom is -0.444 e. The molecular weight excluding hydrogens is 422 g/mol. The molecule has 3 aromatic rings. The van der Waals surface area contributed by atoms with Crippen molar-refractivity contribution in [1.29, 1.82) is 5.26 Å². The zero-order valence-corrected chi connectivity index (χ0v) is 18.8. The van der Waals surface area contributed by atoms with Crippen LogP contribution in [0.15, 0.2) is 34.0 Å². The summed E-state index contributed by atoms with van der Waals surface area (Å²) in [5.41, 5.74) is 3.28. The first-order chi connectivity index (χ1) is 15.9. The monoisotopic (exact) mass is 447 g/mol. The Balaban J connectivity index is 1.44. The zero-order valence-electron chi connectivity index (χ0n) is 18.8. The Morgan fingerprint density at radius 2 is 2.03 bits per heavy atom. The molecule has 170 valence electrons. The van der Waals surface area contributed by atoms with Crippen LogP contribution in [0, 0.1) is 23.2 Å². The predicted molar refractivity (Wildman–Crippen MR) is 119 cm³/mol. The molecule has 0 aliphatic carbocycles. The number of piperidine rings is 1. The minimum absolute atomic E-state index is 0.0712. The average molecular weight is 447 g/mol. The molecule has 1 amide bonds. The Morgan fingerprint density at radius 1 is 1.24 bits per heavy atom. The van der Waals surface area contributed by atoms with Crippen LogP contribution >= 0.6 is 0 Å². The summed E-state index contributed by atoms with van der Waals surface area (Å²) < 4.78 is 10.5. The van der Waals surface area contributed by atoms with E-state index in [-0.39, 0.29) is 17.9 Å². The number of nitriles is 1. The number of H-pyrrole nitrogens is 1. The van der Waals surface area contributed by atoms with Crippen LogP contribution in [0.1, 0.15) is 50.7 Å². The molecule has 4 heterocycles. The van der Waals surface area contributed by atoms with E-state index in [4.69, 9.17) is 14.4 Å². The summed E-state index contributed by atoms with van der Waals surface area (Å²) in [7, 11) is 0. The molecule has 2 aromatic heterocycles. The molecule has 1 saturated heterocycles. The first-order valence-corrected chi connectivity index (χ1v) is 11.1. The second kappa shape index (κ2) is 7.99. The van der Waals surface area contributed by atoms with E-state index in [2.05, 4.69) is 26.6 Å². The van der Waals surface area contributed by atoms with Crippen molar-refractivity contribution < 1.29 is 14.2 Å². The van der Waals surface area contributed by atoms with Crippen LogP contribution in [0.4, 0.5) is 10.6 Å². The molecule has 5 rings (SSSR count). The smallest absolute Gasteiger partial charge is 0.410 e. The standard InChI is InChI=1S/C23H25N7O3/c1-23(2,3)32-22(31)30-9-7-13(8-10-30)19-15(11-24)18(16-12-25-27-21(16)26-19)14-5-4-6-17-20(14)29-33-28-17/h4-6,12-13,15,18H,7-10H2,1-3H3,(H,25,27). The lowest BCUT2D eigenvalue weighted by molar-refractivity contribution is 0.0201. The number of nitrogens with zero attached hydrogens (tertiary/aromatic N) is 6. The van der Waals surface area contributed by atoms with Crippen LogP contribution in [0.5, 0.6) is 0 Å². The van der Waals surface area contributed by atoms with Crippen LogP contribution in [-0.2, 0) is 4.74 Å². The second-order valence-corrected chi connectivity index (χ2v) is 9.52. The van der Waals surface area contributed by atoms with Crippen molar-refractivity contribution in [3.63, 3.8) is 0 Å². The SMILES string of the molecule is CC(C)(C)OC(=O)N1CCC(C2=Nc3[nH]ncc3C(c3cccc4nonc34)C2C#N)CC1. The lowest BCUT2D eigenvalue weighted by Crippen LogP contribution is -2.44. The fourth-order valence-corrected chi connectivity index (χ4v) is 4.75. The van der Waals surface area contributed by atoms with Crippen LogP contribution in [0.2, 0.25) is 0 Å². The summed E-state index contributed by atoms with van der Waals surface area (Å²) in [6, 6.07) is 8.17. The highest BCUT2D eigenvalue weighted by molar-refractivity contribution is 5.97. The van der Waals surface area contributed by atoms with Crippen molar-refractivity contribution in [3.05, 3.63) is 35.5 Å². The number of amides is 1. The van der Waals surface area contributed by atoms with Crippen molar-refractivity contribution in [3.8, 4) is 6.07 Å². The topological polar surface area (TPSA) is 133 Å². The molecule has 2 aliphatic heterocycles. The maximum atomic E-state index is 12.5. The van der Waals surface area contributed by atoms with Gasteiger partial charge in [0.05, 0.1) is 18.2 Å². The number of fused-ring (bicyclic) bond motifs is 2. The number of rotatable bonds is 2. The van der Waals surface area contributed by atoms with Gasteiger partial charge < -0.3 is 9.64 Å². The van der Waals surface area contributed by atoms with Crippen molar-refractivity contribution in [1.82, 2.24) is 25.4 Å². The number of aromatic nitrogens is 4. The summed E-state index contributed by atoms with van der Waals surface area (Å²) in [5, 5.41) is 25.5. The average Bonchev–Trinajstić information content (AvgIpc) is 3.46. The summed E-state index contributed by atoms with van der Waals surface area (Å²) in [4.78, 5) is 19.0. The fraction of sp³-hybridized carbons (Fsp3) is 0.478. The maximum absolute atomic E-state index is 12.5. The molecular formula is C23H25N7O3. The van der Waals surface area contributed by atoms with Gasteiger partial charge in [0, 0.05) is 36.2 Å². The molecule has 0 radical (unpaired) electrons. The molecule has 2 unspecified atom stereocenters. The molecule has 1 fully saturated rings. The third-order valence-electron chi connectivity index (χ3n) is 6.23. The number of carbonyl (C=O) groups is 1. The highest BCUT2D eigenvalue weighted by Gasteiger charge is 2.41. The number of ether oxygens (including phenoxy) is 1. The van der Waals surface area contributed by atoms with E-state index in [0.717, 1.165) is 16.8 Å². The van der Waals surface area contributed by atoms with Crippen molar-refractivity contribution in [2.75, 3.05) is 13.1 Å². The van der Waals surface area contributed by atoms with E-state index >= 15 is 0 Å². The first kappa shape index (κ1) is 21.1. The molecule has 1 aromatic carbocycles. The Hall–Kier alpha value is -3.74. The highest BCUT2D eigenvalue weighted by Crippen LogP contribution is 2.45. The number of aromatic amines is 1. The van der Waals surface area contributed by atoms with Crippen molar-refractivity contribution in [2.24, 2.45) is 16.8 Å². The molecule has 33 heavy (non-hydrogen) atoms.